The molecule has 0 bridgehead atoms. The van der Waals surface area contributed by atoms with Crippen LogP contribution in [0.1, 0.15) is 19.5 Å². The number of benzene rings is 1. The van der Waals surface area contributed by atoms with Gasteiger partial charge in [0, 0.05) is 15.7 Å². The average Bonchev–Trinajstić information content (AvgIpc) is 3.22. The highest BCUT2D eigenvalue weighted by Crippen LogP contribution is 2.28. The van der Waals surface area contributed by atoms with Gasteiger partial charge in [-0.15, -0.1) is 10.2 Å². The Kier molecular flexibility index (Phi) is 3.93. The molecule has 3 heterocycles. The van der Waals surface area contributed by atoms with Crippen LogP contribution in [-0.4, -0.2) is 30.0 Å². The lowest BCUT2D eigenvalue weighted by Gasteiger charge is -1.98. The van der Waals surface area contributed by atoms with E-state index < -0.39 is 0 Å². The third kappa shape index (κ3) is 2.87. The van der Waals surface area contributed by atoms with Crippen LogP contribution in [0.3, 0.4) is 0 Å². The number of halogens is 1. The van der Waals surface area contributed by atoms with Crippen molar-refractivity contribution in [3.63, 3.8) is 0 Å². The summed E-state index contributed by atoms with van der Waals surface area (Å²) < 4.78 is 2.81. The van der Waals surface area contributed by atoms with Gasteiger partial charge in [0.25, 0.3) is 0 Å². The summed E-state index contributed by atoms with van der Waals surface area (Å²) >= 11 is 4.96. The number of aromatic nitrogens is 6. The molecule has 1 N–H and O–H groups in total. The summed E-state index contributed by atoms with van der Waals surface area (Å²) in [4.78, 5) is 0.760. The second-order valence-electron chi connectivity index (χ2n) is 6.01. The summed E-state index contributed by atoms with van der Waals surface area (Å²) in [7, 11) is 0. The number of H-pyrrole nitrogens is 1. The Morgan fingerprint density at radius 3 is 2.75 bits per heavy atom. The zero-order chi connectivity index (χ0) is 16.7. The van der Waals surface area contributed by atoms with Crippen LogP contribution in [0.2, 0.25) is 0 Å². The van der Waals surface area contributed by atoms with Crippen LogP contribution in [0, 0.1) is 5.92 Å². The Morgan fingerprint density at radius 2 is 2.00 bits per heavy atom. The van der Waals surface area contributed by atoms with Crippen molar-refractivity contribution in [1.29, 1.82) is 0 Å². The van der Waals surface area contributed by atoms with E-state index in [4.69, 9.17) is 0 Å². The molecule has 0 radical (unpaired) electrons. The van der Waals surface area contributed by atoms with Gasteiger partial charge in [0.2, 0.25) is 10.8 Å². The van der Waals surface area contributed by atoms with Gasteiger partial charge in [0.15, 0.2) is 0 Å². The fourth-order valence-electron chi connectivity index (χ4n) is 2.51. The zero-order valence-electron chi connectivity index (χ0n) is 13.2. The van der Waals surface area contributed by atoms with Gasteiger partial charge in [0.1, 0.15) is 10.7 Å². The van der Waals surface area contributed by atoms with E-state index in [1.54, 1.807) is 4.52 Å². The number of rotatable bonds is 4. The number of nitrogens with one attached hydrogen (secondary N) is 1. The Bertz CT molecular complexity index is 982. The zero-order valence-corrected chi connectivity index (χ0v) is 15.6. The van der Waals surface area contributed by atoms with E-state index in [1.165, 1.54) is 11.3 Å². The van der Waals surface area contributed by atoms with Crippen LogP contribution in [0.25, 0.3) is 27.1 Å². The van der Waals surface area contributed by atoms with Crippen molar-refractivity contribution in [3.8, 4) is 22.1 Å². The molecule has 24 heavy (non-hydrogen) atoms. The SMILES string of the molecule is CC(C)Cc1cc(-c2nnc3sc(-c4ccc(Br)cc4)nn23)n[nH]1. The molecule has 0 unspecified atom stereocenters. The first-order valence-electron chi connectivity index (χ1n) is 7.63. The van der Waals surface area contributed by atoms with E-state index in [-0.39, 0.29) is 0 Å². The van der Waals surface area contributed by atoms with Gasteiger partial charge in [-0.1, -0.05) is 53.2 Å². The Morgan fingerprint density at radius 1 is 1.21 bits per heavy atom. The summed E-state index contributed by atoms with van der Waals surface area (Å²) in [5.74, 6) is 1.23. The summed E-state index contributed by atoms with van der Waals surface area (Å²) in [6.07, 6.45) is 0.955. The first-order valence-corrected chi connectivity index (χ1v) is 9.24. The summed E-state index contributed by atoms with van der Waals surface area (Å²) in [5, 5.41) is 21.5. The van der Waals surface area contributed by atoms with Gasteiger partial charge in [-0.2, -0.15) is 14.7 Å². The fraction of sp³-hybridized carbons (Fsp3) is 0.250. The van der Waals surface area contributed by atoms with Crippen LogP contribution >= 0.6 is 27.3 Å². The third-order valence-corrected chi connectivity index (χ3v) is 5.05. The van der Waals surface area contributed by atoms with Gasteiger partial charge >= 0.3 is 0 Å². The Balaban J connectivity index is 1.72. The van der Waals surface area contributed by atoms with Crippen molar-refractivity contribution in [1.82, 2.24) is 30.0 Å². The maximum Gasteiger partial charge on any atom is 0.235 e. The van der Waals surface area contributed by atoms with E-state index in [0.717, 1.165) is 37.8 Å². The van der Waals surface area contributed by atoms with Gasteiger partial charge in [-0.25, -0.2) is 0 Å². The first kappa shape index (κ1) is 15.5. The summed E-state index contributed by atoms with van der Waals surface area (Å²) in [6.45, 7) is 4.36. The molecule has 3 aromatic heterocycles. The Hall–Kier alpha value is -2.06. The minimum atomic E-state index is 0.569. The molecule has 8 heteroatoms. The maximum absolute atomic E-state index is 4.66. The lowest BCUT2D eigenvalue weighted by Crippen LogP contribution is -1.93. The summed E-state index contributed by atoms with van der Waals surface area (Å²) in [5.41, 5.74) is 2.92. The molecular formula is C16H15BrN6S. The van der Waals surface area contributed by atoms with Crippen LogP contribution < -0.4 is 0 Å². The van der Waals surface area contributed by atoms with Crippen LogP contribution in [0.4, 0.5) is 0 Å². The average molecular weight is 403 g/mol. The molecule has 0 aliphatic heterocycles. The van der Waals surface area contributed by atoms with E-state index in [9.17, 15) is 0 Å². The number of fused-ring (bicyclic) bond motifs is 1. The molecule has 0 aliphatic rings. The minimum Gasteiger partial charge on any atom is -0.282 e. The third-order valence-electron chi connectivity index (χ3n) is 3.57. The van der Waals surface area contributed by atoms with E-state index in [2.05, 4.69) is 55.3 Å². The van der Waals surface area contributed by atoms with Crippen molar-refractivity contribution in [2.24, 2.45) is 5.92 Å². The van der Waals surface area contributed by atoms with E-state index in [0.29, 0.717) is 11.7 Å². The van der Waals surface area contributed by atoms with Crippen molar-refractivity contribution in [3.05, 3.63) is 40.5 Å². The van der Waals surface area contributed by atoms with Crippen molar-refractivity contribution < 1.29 is 0 Å². The summed E-state index contributed by atoms with van der Waals surface area (Å²) in [6, 6.07) is 10.1. The predicted molar refractivity (Wildman–Crippen MR) is 97.9 cm³/mol. The molecule has 1 aromatic carbocycles. The molecule has 122 valence electrons. The largest absolute Gasteiger partial charge is 0.282 e. The lowest BCUT2D eigenvalue weighted by atomic mass is 10.1. The normalized spacial score (nSPS) is 11.7. The fourth-order valence-corrected chi connectivity index (χ4v) is 3.62. The lowest BCUT2D eigenvalue weighted by molar-refractivity contribution is 0.633. The van der Waals surface area contributed by atoms with Crippen molar-refractivity contribution >= 4 is 32.2 Å². The molecule has 0 atom stereocenters. The highest BCUT2D eigenvalue weighted by molar-refractivity contribution is 9.10. The first-order chi connectivity index (χ1) is 11.6. The van der Waals surface area contributed by atoms with Gasteiger partial charge < -0.3 is 0 Å². The van der Waals surface area contributed by atoms with E-state index in [1.807, 2.05) is 30.3 Å². The van der Waals surface area contributed by atoms with Gasteiger partial charge in [-0.05, 0) is 30.5 Å². The molecule has 6 nitrogen and oxygen atoms in total. The number of aromatic amines is 1. The molecule has 0 fully saturated rings. The molecule has 4 rings (SSSR count). The van der Waals surface area contributed by atoms with Crippen LogP contribution in [-0.2, 0) is 6.42 Å². The second-order valence-corrected chi connectivity index (χ2v) is 7.88. The number of hydrogen-bond donors (Lipinski definition) is 1. The van der Waals surface area contributed by atoms with Crippen molar-refractivity contribution in [2.75, 3.05) is 0 Å². The monoisotopic (exact) mass is 402 g/mol. The number of nitrogens with zero attached hydrogens (tertiary/aromatic N) is 5. The smallest absolute Gasteiger partial charge is 0.235 e. The van der Waals surface area contributed by atoms with Crippen LogP contribution in [0.5, 0.6) is 0 Å². The van der Waals surface area contributed by atoms with Crippen molar-refractivity contribution in [2.45, 2.75) is 20.3 Å². The maximum atomic E-state index is 4.66. The highest BCUT2D eigenvalue weighted by Gasteiger charge is 2.17. The second kappa shape index (κ2) is 6.10. The topological polar surface area (TPSA) is 71.8 Å². The highest BCUT2D eigenvalue weighted by atomic mass is 79.9. The molecule has 0 saturated heterocycles. The molecule has 0 spiro atoms. The standard InChI is InChI=1S/C16H15BrN6S/c1-9(2)7-12-8-13(19-18-12)14-20-21-16-23(14)22-15(24-16)10-3-5-11(17)6-4-10/h3-6,8-9H,7H2,1-2H3,(H,18,19). The quantitative estimate of drug-likeness (QED) is 0.554. The van der Waals surface area contributed by atoms with Gasteiger partial charge in [0.05, 0.1) is 0 Å². The van der Waals surface area contributed by atoms with Gasteiger partial charge in [-0.3, -0.25) is 5.10 Å². The van der Waals surface area contributed by atoms with Crippen LogP contribution in [0.15, 0.2) is 34.8 Å². The molecule has 0 saturated carbocycles. The molecular weight excluding hydrogens is 388 g/mol. The number of hydrogen-bond acceptors (Lipinski definition) is 5. The minimum absolute atomic E-state index is 0.569. The Labute approximate surface area is 151 Å². The molecule has 0 amide bonds. The van der Waals surface area contributed by atoms with E-state index >= 15 is 0 Å². The molecule has 0 aliphatic carbocycles. The predicted octanol–water partition coefficient (Wildman–Crippen LogP) is 4.20. The molecule has 4 aromatic rings.